The van der Waals surface area contributed by atoms with Crippen molar-refractivity contribution >= 4 is 15.9 Å². The molecule has 20 heavy (non-hydrogen) atoms. The number of halogens is 4. The normalized spacial score (nSPS) is 11.4. The van der Waals surface area contributed by atoms with Crippen LogP contribution in [0.1, 0.15) is 16.7 Å². The lowest BCUT2D eigenvalue weighted by Crippen LogP contribution is -2.07. The quantitative estimate of drug-likeness (QED) is 0.649. The van der Waals surface area contributed by atoms with E-state index in [0.29, 0.717) is 16.6 Å². The van der Waals surface area contributed by atoms with E-state index in [9.17, 15) is 13.2 Å². The lowest BCUT2D eigenvalue weighted by atomic mass is 10.1. The molecule has 0 aliphatic heterocycles. The Hall–Kier alpha value is -1.49. The Balaban J connectivity index is 2.38. The van der Waals surface area contributed by atoms with Gasteiger partial charge in [-0.3, -0.25) is 0 Å². The van der Waals surface area contributed by atoms with Crippen molar-refractivity contribution in [3.05, 3.63) is 59.2 Å². The van der Waals surface area contributed by atoms with Crippen LogP contribution in [0.2, 0.25) is 0 Å². The zero-order chi connectivity index (χ0) is 14.8. The first-order valence-corrected chi connectivity index (χ1v) is 7.03. The third kappa shape index (κ3) is 3.54. The maximum absolute atomic E-state index is 13.0. The molecule has 0 spiro atoms. The third-order valence-electron chi connectivity index (χ3n) is 2.75. The minimum absolute atomic E-state index is 0.189. The molecule has 0 saturated carbocycles. The van der Waals surface area contributed by atoms with Gasteiger partial charge in [-0.05, 0) is 36.8 Å². The first kappa shape index (κ1) is 14.9. The fraction of sp³-hybridized carbons (Fsp3) is 0.200. The molecule has 0 heterocycles. The van der Waals surface area contributed by atoms with Gasteiger partial charge in [0.05, 0.1) is 5.56 Å². The van der Waals surface area contributed by atoms with E-state index >= 15 is 0 Å². The van der Waals surface area contributed by atoms with Gasteiger partial charge in [0.2, 0.25) is 0 Å². The fourth-order valence-electron chi connectivity index (χ4n) is 1.70. The SMILES string of the molecule is Cc1ccc(Oc2ccc(CBr)cc2C(F)(F)F)cc1. The maximum atomic E-state index is 13.0. The number of alkyl halides is 4. The Morgan fingerprint density at radius 1 is 1.05 bits per heavy atom. The van der Waals surface area contributed by atoms with Gasteiger partial charge in [0, 0.05) is 5.33 Å². The molecule has 2 aromatic rings. The van der Waals surface area contributed by atoms with Gasteiger partial charge < -0.3 is 4.74 Å². The van der Waals surface area contributed by atoms with Crippen LogP contribution >= 0.6 is 15.9 Å². The van der Waals surface area contributed by atoms with Gasteiger partial charge in [-0.2, -0.15) is 13.2 Å². The second-order valence-electron chi connectivity index (χ2n) is 4.38. The highest BCUT2D eigenvalue weighted by atomic mass is 79.9. The van der Waals surface area contributed by atoms with Gasteiger partial charge >= 0.3 is 6.18 Å². The lowest BCUT2D eigenvalue weighted by molar-refractivity contribution is -0.138. The second kappa shape index (κ2) is 5.87. The van der Waals surface area contributed by atoms with E-state index in [1.165, 1.54) is 6.07 Å². The Labute approximate surface area is 123 Å². The molecule has 0 amide bonds. The van der Waals surface area contributed by atoms with Gasteiger partial charge in [0.15, 0.2) is 0 Å². The number of benzene rings is 2. The van der Waals surface area contributed by atoms with E-state index in [4.69, 9.17) is 4.74 Å². The monoisotopic (exact) mass is 344 g/mol. The minimum atomic E-state index is -4.45. The molecular weight excluding hydrogens is 333 g/mol. The predicted octanol–water partition coefficient (Wildman–Crippen LogP) is 5.70. The van der Waals surface area contributed by atoms with E-state index in [2.05, 4.69) is 15.9 Å². The molecule has 0 bridgehead atoms. The molecule has 1 nitrogen and oxygen atoms in total. The van der Waals surface area contributed by atoms with Crippen molar-refractivity contribution in [2.45, 2.75) is 18.4 Å². The van der Waals surface area contributed by atoms with Crippen LogP contribution in [0.5, 0.6) is 11.5 Å². The van der Waals surface area contributed by atoms with Gasteiger partial charge in [-0.1, -0.05) is 39.7 Å². The third-order valence-corrected chi connectivity index (χ3v) is 3.40. The smallest absolute Gasteiger partial charge is 0.419 e. The molecule has 0 N–H and O–H groups in total. The second-order valence-corrected chi connectivity index (χ2v) is 4.94. The fourth-order valence-corrected chi connectivity index (χ4v) is 2.05. The molecule has 2 rings (SSSR count). The molecule has 0 aliphatic rings. The van der Waals surface area contributed by atoms with E-state index in [1.54, 1.807) is 30.3 Å². The summed E-state index contributed by atoms with van der Waals surface area (Å²) in [4.78, 5) is 0. The highest BCUT2D eigenvalue weighted by Crippen LogP contribution is 2.39. The molecule has 2 aromatic carbocycles. The van der Waals surface area contributed by atoms with Crippen LogP contribution in [0.3, 0.4) is 0 Å². The highest BCUT2D eigenvalue weighted by Gasteiger charge is 2.34. The van der Waals surface area contributed by atoms with E-state index in [1.807, 2.05) is 6.92 Å². The summed E-state index contributed by atoms with van der Waals surface area (Å²) in [6.45, 7) is 1.90. The zero-order valence-corrected chi connectivity index (χ0v) is 12.3. The van der Waals surface area contributed by atoms with Crippen molar-refractivity contribution in [1.82, 2.24) is 0 Å². The summed E-state index contributed by atoms with van der Waals surface area (Å²) in [5.74, 6) is 0.193. The summed E-state index contributed by atoms with van der Waals surface area (Å²) < 4.78 is 44.5. The summed E-state index contributed by atoms with van der Waals surface area (Å²) in [6, 6.07) is 10.9. The van der Waals surface area contributed by atoms with Crippen molar-refractivity contribution in [3.8, 4) is 11.5 Å². The number of ether oxygens (including phenoxy) is 1. The predicted molar refractivity (Wildman–Crippen MR) is 75.3 cm³/mol. The van der Waals surface area contributed by atoms with Crippen LogP contribution in [0.25, 0.3) is 0 Å². The molecule has 0 fully saturated rings. The molecule has 106 valence electrons. The number of hydrogen-bond acceptors (Lipinski definition) is 1. The van der Waals surface area contributed by atoms with Crippen molar-refractivity contribution in [2.75, 3.05) is 0 Å². The molecule has 0 aliphatic carbocycles. The number of rotatable bonds is 3. The molecule has 0 aromatic heterocycles. The molecule has 0 atom stereocenters. The lowest BCUT2D eigenvalue weighted by Gasteiger charge is -2.14. The molecule has 0 unspecified atom stereocenters. The minimum Gasteiger partial charge on any atom is -0.457 e. The first-order chi connectivity index (χ1) is 9.40. The Morgan fingerprint density at radius 3 is 2.25 bits per heavy atom. The highest BCUT2D eigenvalue weighted by molar-refractivity contribution is 9.08. The molecule has 5 heteroatoms. The zero-order valence-electron chi connectivity index (χ0n) is 10.7. The van der Waals surface area contributed by atoms with Crippen LogP contribution in [0.4, 0.5) is 13.2 Å². The average molecular weight is 345 g/mol. The summed E-state index contributed by atoms with van der Waals surface area (Å²) in [5.41, 5.74) is 0.798. The standard InChI is InChI=1S/C15H12BrF3O/c1-10-2-5-12(6-3-10)20-14-7-4-11(9-16)8-13(14)15(17,18)19/h2-8H,9H2,1H3. The number of aryl methyl sites for hydroxylation is 1. The van der Waals surface area contributed by atoms with Crippen LogP contribution in [-0.2, 0) is 11.5 Å². The number of hydrogen-bond donors (Lipinski definition) is 0. The van der Waals surface area contributed by atoms with Crippen LogP contribution in [-0.4, -0.2) is 0 Å². The summed E-state index contributed by atoms with van der Waals surface area (Å²) >= 11 is 3.15. The molecule has 0 saturated heterocycles. The summed E-state index contributed by atoms with van der Waals surface area (Å²) in [7, 11) is 0. The van der Waals surface area contributed by atoms with Crippen molar-refractivity contribution in [3.63, 3.8) is 0 Å². The van der Waals surface area contributed by atoms with Gasteiger partial charge in [-0.15, -0.1) is 0 Å². The first-order valence-electron chi connectivity index (χ1n) is 5.91. The van der Waals surface area contributed by atoms with Crippen LogP contribution in [0, 0.1) is 6.92 Å². The van der Waals surface area contributed by atoms with Gasteiger partial charge in [-0.25, -0.2) is 0 Å². The van der Waals surface area contributed by atoms with Crippen molar-refractivity contribution in [1.29, 1.82) is 0 Å². The van der Waals surface area contributed by atoms with E-state index in [0.717, 1.165) is 11.6 Å². The van der Waals surface area contributed by atoms with Crippen LogP contribution in [0.15, 0.2) is 42.5 Å². The van der Waals surface area contributed by atoms with E-state index in [-0.39, 0.29) is 5.75 Å². The summed E-state index contributed by atoms with van der Waals surface area (Å²) in [5, 5.41) is 0.362. The van der Waals surface area contributed by atoms with Crippen LogP contribution < -0.4 is 4.74 Å². The van der Waals surface area contributed by atoms with Crippen molar-refractivity contribution in [2.24, 2.45) is 0 Å². The topological polar surface area (TPSA) is 9.23 Å². The Bertz CT molecular complexity index is 591. The maximum Gasteiger partial charge on any atom is 0.419 e. The Morgan fingerprint density at radius 2 is 1.70 bits per heavy atom. The average Bonchev–Trinajstić information content (AvgIpc) is 2.40. The van der Waals surface area contributed by atoms with Gasteiger partial charge in [0.25, 0.3) is 0 Å². The molecule has 0 radical (unpaired) electrons. The van der Waals surface area contributed by atoms with E-state index < -0.39 is 11.7 Å². The largest absolute Gasteiger partial charge is 0.457 e. The molecular formula is C15H12BrF3O. The summed E-state index contributed by atoms with van der Waals surface area (Å²) in [6.07, 6.45) is -4.45. The Kier molecular flexibility index (Phi) is 4.38. The van der Waals surface area contributed by atoms with Crippen molar-refractivity contribution < 1.29 is 17.9 Å². The van der Waals surface area contributed by atoms with Gasteiger partial charge in [0.1, 0.15) is 11.5 Å².